The third-order valence-electron chi connectivity index (χ3n) is 4.62. The minimum Gasteiger partial charge on any atom is -0.378 e. The van der Waals surface area contributed by atoms with Crippen molar-refractivity contribution < 1.29 is 9.53 Å². The number of nitrogens with one attached hydrogen (secondary N) is 1. The van der Waals surface area contributed by atoms with Crippen LogP contribution in [0.4, 0.5) is 0 Å². The number of hydrogen-bond donors (Lipinski definition) is 2. The molecule has 4 heteroatoms. The van der Waals surface area contributed by atoms with Crippen LogP contribution in [0.2, 0.25) is 0 Å². The zero-order valence-corrected chi connectivity index (χ0v) is 12.8. The van der Waals surface area contributed by atoms with Gasteiger partial charge in [-0.15, -0.1) is 0 Å². The van der Waals surface area contributed by atoms with Gasteiger partial charge in [-0.3, -0.25) is 4.79 Å². The lowest BCUT2D eigenvalue weighted by atomic mass is 9.95. The second kappa shape index (κ2) is 7.41. The molecule has 0 aromatic carbocycles. The van der Waals surface area contributed by atoms with E-state index in [9.17, 15) is 4.79 Å². The molecule has 2 rings (SSSR count). The zero-order chi connectivity index (χ0) is 14.4. The van der Waals surface area contributed by atoms with Crippen molar-refractivity contribution in [2.24, 2.45) is 5.73 Å². The molecule has 1 unspecified atom stereocenters. The van der Waals surface area contributed by atoms with Crippen molar-refractivity contribution in [3.8, 4) is 0 Å². The summed E-state index contributed by atoms with van der Waals surface area (Å²) in [6.07, 6.45) is 12.1. The highest BCUT2D eigenvalue weighted by Crippen LogP contribution is 2.25. The van der Waals surface area contributed by atoms with E-state index in [1.54, 1.807) is 0 Å². The summed E-state index contributed by atoms with van der Waals surface area (Å²) in [4.78, 5) is 11.6. The molecule has 0 spiro atoms. The van der Waals surface area contributed by atoms with Gasteiger partial charge in [0.15, 0.2) is 0 Å². The van der Waals surface area contributed by atoms with Crippen LogP contribution in [0.1, 0.15) is 71.1 Å². The molecule has 20 heavy (non-hydrogen) atoms. The third-order valence-corrected chi connectivity index (χ3v) is 4.62. The van der Waals surface area contributed by atoms with Gasteiger partial charge >= 0.3 is 0 Å². The van der Waals surface area contributed by atoms with Crippen molar-refractivity contribution in [1.29, 1.82) is 0 Å². The summed E-state index contributed by atoms with van der Waals surface area (Å²) in [5.74, 6) is -0.237. The van der Waals surface area contributed by atoms with Crippen molar-refractivity contribution in [3.63, 3.8) is 0 Å². The summed E-state index contributed by atoms with van der Waals surface area (Å²) >= 11 is 0. The Kier molecular flexibility index (Phi) is 5.85. The van der Waals surface area contributed by atoms with Gasteiger partial charge in [0.1, 0.15) is 0 Å². The van der Waals surface area contributed by atoms with Crippen molar-refractivity contribution >= 4 is 5.91 Å². The van der Waals surface area contributed by atoms with E-state index in [1.807, 2.05) is 6.92 Å². The van der Waals surface area contributed by atoms with Crippen LogP contribution < -0.4 is 11.1 Å². The van der Waals surface area contributed by atoms with Gasteiger partial charge in [-0.05, 0) is 45.4 Å². The van der Waals surface area contributed by atoms with Crippen molar-refractivity contribution in [1.82, 2.24) is 5.32 Å². The summed E-state index contributed by atoms with van der Waals surface area (Å²) in [6, 6.07) is 0.496. The van der Waals surface area contributed by atoms with Gasteiger partial charge < -0.3 is 15.8 Å². The first-order valence-electron chi connectivity index (χ1n) is 8.29. The Morgan fingerprint density at radius 1 is 1.20 bits per heavy atom. The highest BCUT2D eigenvalue weighted by Gasteiger charge is 2.36. The number of ether oxygens (including phenoxy) is 1. The largest absolute Gasteiger partial charge is 0.378 e. The predicted octanol–water partition coefficient (Wildman–Crippen LogP) is 2.50. The Labute approximate surface area is 122 Å². The van der Waals surface area contributed by atoms with Gasteiger partial charge in [0, 0.05) is 12.6 Å². The van der Waals surface area contributed by atoms with E-state index in [-0.39, 0.29) is 5.91 Å². The van der Waals surface area contributed by atoms with E-state index in [4.69, 9.17) is 10.5 Å². The zero-order valence-electron chi connectivity index (χ0n) is 12.8. The fourth-order valence-corrected chi connectivity index (χ4v) is 3.03. The molecule has 0 radical (unpaired) electrons. The molecule has 2 fully saturated rings. The summed E-state index contributed by atoms with van der Waals surface area (Å²) in [6.45, 7) is 2.68. The Morgan fingerprint density at radius 2 is 1.85 bits per heavy atom. The smallest absolute Gasteiger partial charge is 0.237 e. The lowest BCUT2D eigenvalue weighted by Crippen LogP contribution is -2.54. The van der Waals surface area contributed by atoms with Gasteiger partial charge in [0.2, 0.25) is 5.91 Å². The molecule has 0 heterocycles. The van der Waals surface area contributed by atoms with Crippen molar-refractivity contribution in [2.75, 3.05) is 6.61 Å². The minimum absolute atomic E-state index is 0.237. The van der Waals surface area contributed by atoms with Gasteiger partial charge in [0.25, 0.3) is 0 Å². The molecule has 2 aliphatic rings. The molecule has 0 saturated heterocycles. The quantitative estimate of drug-likeness (QED) is 0.531. The Bertz CT molecular complexity index is 310. The number of carbonyl (C=O) groups excluding carboxylic acids is 1. The molecule has 0 aromatic rings. The maximum Gasteiger partial charge on any atom is 0.237 e. The van der Waals surface area contributed by atoms with Crippen molar-refractivity contribution in [2.45, 2.75) is 88.8 Å². The summed E-state index contributed by atoms with van der Waals surface area (Å²) < 4.78 is 5.98. The highest BCUT2D eigenvalue weighted by atomic mass is 16.5. The van der Waals surface area contributed by atoms with Crippen molar-refractivity contribution in [3.05, 3.63) is 0 Å². The van der Waals surface area contributed by atoms with Crippen LogP contribution in [0.5, 0.6) is 0 Å². The van der Waals surface area contributed by atoms with E-state index in [0.717, 1.165) is 19.4 Å². The highest BCUT2D eigenvalue weighted by molar-refractivity contribution is 5.84. The van der Waals surface area contributed by atoms with Gasteiger partial charge in [-0.1, -0.05) is 25.7 Å². The number of carbonyl (C=O) groups is 1. The van der Waals surface area contributed by atoms with Crippen LogP contribution in [-0.4, -0.2) is 30.2 Å². The molecule has 0 aliphatic heterocycles. The van der Waals surface area contributed by atoms with Gasteiger partial charge in [0.05, 0.1) is 11.6 Å². The molecule has 116 valence electrons. The molecule has 1 atom stereocenters. The number of rotatable bonds is 8. The second-order valence-electron chi connectivity index (χ2n) is 6.70. The number of amides is 1. The SMILES string of the molecule is CC(CCCOC1CCCCCC1)(NC1CC1)C(N)=O. The second-order valence-corrected chi connectivity index (χ2v) is 6.70. The van der Waals surface area contributed by atoms with E-state index < -0.39 is 5.54 Å². The van der Waals surface area contributed by atoms with Gasteiger partial charge in [-0.25, -0.2) is 0 Å². The molecular weight excluding hydrogens is 252 g/mol. The average molecular weight is 282 g/mol. The lowest BCUT2D eigenvalue weighted by Gasteiger charge is -2.28. The Morgan fingerprint density at radius 3 is 2.40 bits per heavy atom. The maximum atomic E-state index is 11.6. The maximum absolute atomic E-state index is 11.6. The fraction of sp³-hybridized carbons (Fsp3) is 0.938. The molecule has 4 nitrogen and oxygen atoms in total. The molecule has 0 aromatic heterocycles. The summed E-state index contributed by atoms with van der Waals surface area (Å²) in [7, 11) is 0. The first-order valence-corrected chi connectivity index (χ1v) is 8.29. The minimum atomic E-state index is -0.562. The molecule has 2 aliphatic carbocycles. The van der Waals surface area contributed by atoms with Gasteiger partial charge in [-0.2, -0.15) is 0 Å². The monoisotopic (exact) mass is 282 g/mol. The van der Waals surface area contributed by atoms with Crippen LogP contribution in [-0.2, 0) is 9.53 Å². The lowest BCUT2D eigenvalue weighted by molar-refractivity contribution is -0.124. The normalized spacial score (nSPS) is 24.1. The van der Waals surface area contributed by atoms with E-state index >= 15 is 0 Å². The average Bonchev–Trinajstić information content (AvgIpc) is 3.22. The molecule has 3 N–H and O–H groups in total. The van der Waals surface area contributed by atoms with Crippen LogP contribution in [0.15, 0.2) is 0 Å². The van der Waals surface area contributed by atoms with Crippen LogP contribution in [0.3, 0.4) is 0 Å². The van der Waals surface area contributed by atoms with E-state index in [2.05, 4.69) is 5.32 Å². The first kappa shape index (κ1) is 15.8. The summed E-state index contributed by atoms with van der Waals surface area (Å²) in [5, 5.41) is 3.39. The van der Waals surface area contributed by atoms with Crippen LogP contribution in [0, 0.1) is 0 Å². The fourth-order valence-electron chi connectivity index (χ4n) is 3.03. The van der Waals surface area contributed by atoms with Crippen LogP contribution in [0.25, 0.3) is 0 Å². The Hall–Kier alpha value is -0.610. The van der Waals surface area contributed by atoms with E-state index in [0.29, 0.717) is 12.1 Å². The molecule has 0 bridgehead atoms. The predicted molar refractivity (Wildman–Crippen MR) is 80.4 cm³/mol. The molecular formula is C16H30N2O2. The standard InChI is InChI=1S/C16H30N2O2/c1-16(15(17)19,18-13-9-10-13)11-6-12-20-14-7-4-2-3-5-8-14/h13-14,18H,2-12H2,1H3,(H2,17,19). The number of hydrogen-bond acceptors (Lipinski definition) is 3. The van der Waals surface area contributed by atoms with Crippen LogP contribution >= 0.6 is 0 Å². The molecule has 2 saturated carbocycles. The topological polar surface area (TPSA) is 64.3 Å². The number of primary amides is 1. The summed E-state index contributed by atoms with van der Waals surface area (Å²) in [5.41, 5.74) is 4.99. The number of nitrogens with two attached hydrogens (primary N) is 1. The third kappa shape index (κ3) is 5.06. The Balaban J connectivity index is 1.65. The molecule has 1 amide bonds. The first-order chi connectivity index (χ1) is 9.60. The van der Waals surface area contributed by atoms with E-state index in [1.165, 1.54) is 51.4 Å².